The van der Waals surface area contributed by atoms with Gasteiger partial charge in [0.25, 0.3) is 0 Å². The topological polar surface area (TPSA) is 126 Å². The minimum atomic E-state index is -4.63. The molecule has 0 saturated heterocycles. The predicted octanol–water partition coefficient (Wildman–Crippen LogP) is 1.81. The van der Waals surface area contributed by atoms with Gasteiger partial charge in [-0.15, -0.1) is 0 Å². The SMILES string of the molecule is CN1C(=O)CC(c2cccc(NC(=O)n3ccc(C(F)(F)F)n3)c2)N=C1N.CO. The van der Waals surface area contributed by atoms with E-state index in [-0.39, 0.29) is 18.3 Å². The molecule has 1 atom stereocenters. The number of carbonyl (C=O) groups excluding carboxylic acids is 2. The molecular weight excluding hydrogens is 393 g/mol. The van der Waals surface area contributed by atoms with Crippen molar-refractivity contribution < 1.29 is 27.9 Å². The quantitative estimate of drug-likeness (QED) is 0.694. The van der Waals surface area contributed by atoms with Crippen LogP contribution in [0.3, 0.4) is 0 Å². The van der Waals surface area contributed by atoms with Crippen molar-refractivity contribution in [3.8, 4) is 0 Å². The summed E-state index contributed by atoms with van der Waals surface area (Å²) in [5.74, 6) is -0.111. The Hall–Kier alpha value is -3.41. The molecule has 1 aromatic heterocycles. The normalized spacial score (nSPS) is 16.6. The highest BCUT2D eigenvalue weighted by atomic mass is 19.4. The monoisotopic (exact) mass is 412 g/mol. The number of nitrogens with zero attached hydrogens (tertiary/aromatic N) is 4. The van der Waals surface area contributed by atoms with Crippen molar-refractivity contribution in [1.29, 1.82) is 0 Å². The van der Waals surface area contributed by atoms with Gasteiger partial charge in [-0.25, -0.2) is 9.79 Å². The molecule has 1 unspecified atom stereocenters. The van der Waals surface area contributed by atoms with E-state index in [0.717, 1.165) is 13.3 Å². The molecule has 0 saturated carbocycles. The number of aromatic nitrogens is 2. The largest absolute Gasteiger partial charge is 0.435 e. The van der Waals surface area contributed by atoms with Gasteiger partial charge in [-0.1, -0.05) is 12.1 Å². The summed E-state index contributed by atoms with van der Waals surface area (Å²) in [7, 11) is 2.52. The number of aliphatic imine (C=N–C) groups is 1. The van der Waals surface area contributed by atoms with Crippen LogP contribution in [0.4, 0.5) is 23.7 Å². The van der Waals surface area contributed by atoms with E-state index in [1.165, 1.54) is 11.9 Å². The molecule has 156 valence electrons. The number of hydrogen-bond donors (Lipinski definition) is 3. The van der Waals surface area contributed by atoms with Gasteiger partial charge in [0.15, 0.2) is 11.7 Å². The van der Waals surface area contributed by atoms with Gasteiger partial charge in [0, 0.05) is 26.0 Å². The van der Waals surface area contributed by atoms with Crippen LogP contribution in [0, 0.1) is 0 Å². The van der Waals surface area contributed by atoms with Crippen LogP contribution in [0.2, 0.25) is 0 Å². The summed E-state index contributed by atoms with van der Waals surface area (Å²) in [5, 5.41) is 12.7. The first-order valence-electron chi connectivity index (χ1n) is 8.24. The lowest BCUT2D eigenvalue weighted by atomic mass is 10.0. The number of nitrogens with two attached hydrogens (primary N) is 1. The molecule has 2 amide bonds. The Morgan fingerprint density at radius 1 is 1.31 bits per heavy atom. The molecule has 0 aliphatic carbocycles. The summed E-state index contributed by atoms with van der Waals surface area (Å²) in [6.45, 7) is 0. The number of amides is 2. The average molecular weight is 412 g/mol. The molecule has 0 bridgehead atoms. The van der Waals surface area contributed by atoms with E-state index in [2.05, 4.69) is 15.4 Å². The maximum atomic E-state index is 12.6. The zero-order chi connectivity index (χ0) is 21.8. The van der Waals surface area contributed by atoms with Crippen molar-refractivity contribution in [2.75, 3.05) is 19.5 Å². The molecule has 0 fully saturated rings. The first-order chi connectivity index (χ1) is 13.6. The lowest BCUT2D eigenvalue weighted by molar-refractivity contribution is -0.141. The molecule has 29 heavy (non-hydrogen) atoms. The Balaban J connectivity index is 0.00000145. The summed E-state index contributed by atoms with van der Waals surface area (Å²) in [5.41, 5.74) is 5.50. The van der Waals surface area contributed by atoms with Crippen molar-refractivity contribution in [3.63, 3.8) is 0 Å². The maximum Gasteiger partial charge on any atom is 0.435 e. The van der Waals surface area contributed by atoms with E-state index in [0.29, 0.717) is 22.0 Å². The number of anilines is 1. The number of carbonyl (C=O) groups is 2. The van der Waals surface area contributed by atoms with Gasteiger partial charge < -0.3 is 16.2 Å². The molecule has 0 spiro atoms. The second kappa shape index (κ2) is 8.73. The lowest BCUT2D eigenvalue weighted by Crippen LogP contribution is -2.42. The summed E-state index contributed by atoms with van der Waals surface area (Å²) >= 11 is 0. The molecule has 12 heteroatoms. The molecule has 2 heterocycles. The standard InChI is InChI=1S/C16H15F3N6O2.CH4O/c1-24-13(26)8-11(22-14(24)20)9-3-2-4-10(7-9)21-15(27)25-6-5-12(23-25)16(17,18)19;1-2/h2-7,11H,8H2,1H3,(H2,20,22)(H,21,27);2H,1H3. The number of nitrogens with one attached hydrogen (secondary N) is 1. The Morgan fingerprint density at radius 3 is 2.59 bits per heavy atom. The summed E-state index contributed by atoms with van der Waals surface area (Å²) in [6.07, 6.45) is -3.60. The molecule has 9 nitrogen and oxygen atoms in total. The van der Waals surface area contributed by atoms with E-state index in [1.807, 2.05) is 0 Å². The molecule has 0 radical (unpaired) electrons. The molecule has 1 aliphatic heterocycles. The average Bonchev–Trinajstić information content (AvgIpc) is 3.18. The molecule has 1 aromatic carbocycles. The second-order valence-electron chi connectivity index (χ2n) is 5.86. The van der Waals surface area contributed by atoms with Crippen LogP contribution >= 0.6 is 0 Å². The number of aliphatic hydroxyl groups excluding tert-OH is 1. The predicted molar refractivity (Wildman–Crippen MR) is 98.0 cm³/mol. The highest BCUT2D eigenvalue weighted by molar-refractivity contribution is 5.98. The Morgan fingerprint density at radius 2 is 2.00 bits per heavy atom. The number of halogens is 3. The van der Waals surface area contributed by atoms with Gasteiger partial charge in [0.1, 0.15) is 0 Å². The first-order valence-corrected chi connectivity index (χ1v) is 8.24. The Labute approximate surface area is 163 Å². The van der Waals surface area contributed by atoms with Crippen LogP contribution in [0.15, 0.2) is 41.5 Å². The fraction of sp³-hybridized carbons (Fsp3) is 0.294. The van der Waals surface area contributed by atoms with Gasteiger partial charge in [-0.2, -0.15) is 23.0 Å². The van der Waals surface area contributed by atoms with Gasteiger partial charge in [-0.05, 0) is 23.8 Å². The molecule has 3 rings (SSSR count). The van der Waals surface area contributed by atoms with E-state index in [9.17, 15) is 22.8 Å². The first kappa shape index (κ1) is 21.9. The van der Waals surface area contributed by atoms with Gasteiger partial charge >= 0.3 is 12.2 Å². The third-order valence-corrected chi connectivity index (χ3v) is 3.98. The van der Waals surface area contributed by atoms with Crippen LogP contribution in [0.5, 0.6) is 0 Å². The smallest absolute Gasteiger partial charge is 0.400 e. The van der Waals surface area contributed by atoms with Gasteiger partial charge in [0.05, 0.1) is 12.5 Å². The molecule has 1 aliphatic rings. The molecular formula is C17H19F3N6O3. The fourth-order valence-electron chi connectivity index (χ4n) is 2.51. The van der Waals surface area contributed by atoms with Gasteiger partial charge in [0.2, 0.25) is 5.91 Å². The summed E-state index contributed by atoms with van der Waals surface area (Å²) in [4.78, 5) is 29.5. The third kappa shape index (κ3) is 5.10. The molecule has 4 N–H and O–H groups in total. The number of hydrogen-bond acceptors (Lipinski definition) is 6. The van der Waals surface area contributed by atoms with Crippen LogP contribution in [0.1, 0.15) is 23.7 Å². The van der Waals surface area contributed by atoms with E-state index in [4.69, 9.17) is 10.8 Å². The number of alkyl halides is 3. The summed E-state index contributed by atoms with van der Waals surface area (Å²) < 4.78 is 38.3. The van der Waals surface area contributed by atoms with E-state index < -0.39 is 23.9 Å². The lowest BCUT2D eigenvalue weighted by Gasteiger charge is -2.25. The zero-order valence-corrected chi connectivity index (χ0v) is 15.5. The highest BCUT2D eigenvalue weighted by Gasteiger charge is 2.34. The second-order valence-corrected chi connectivity index (χ2v) is 5.86. The Kier molecular flexibility index (Phi) is 6.59. The highest BCUT2D eigenvalue weighted by Crippen LogP contribution is 2.28. The number of benzene rings is 1. The minimum absolute atomic E-state index is 0.0851. The van der Waals surface area contributed by atoms with E-state index >= 15 is 0 Å². The maximum absolute atomic E-state index is 12.6. The van der Waals surface area contributed by atoms with Gasteiger partial charge in [-0.3, -0.25) is 9.69 Å². The number of rotatable bonds is 2. The van der Waals surface area contributed by atoms with Crippen molar-refractivity contribution in [2.45, 2.75) is 18.6 Å². The third-order valence-electron chi connectivity index (χ3n) is 3.98. The zero-order valence-electron chi connectivity index (χ0n) is 15.5. The number of guanidine groups is 1. The van der Waals surface area contributed by atoms with Crippen molar-refractivity contribution in [1.82, 2.24) is 14.7 Å². The van der Waals surface area contributed by atoms with Crippen LogP contribution in [-0.2, 0) is 11.0 Å². The van der Waals surface area contributed by atoms with Crippen molar-refractivity contribution >= 4 is 23.6 Å². The molecule has 2 aromatic rings. The summed E-state index contributed by atoms with van der Waals surface area (Å²) in [6, 6.07) is 5.82. The van der Waals surface area contributed by atoms with E-state index in [1.54, 1.807) is 24.3 Å². The number of aliphatic hydroxyl groups is 1. The van der Waals surface area contributed by atoms with Crippen LogP contribution in [-0.4, -0.2) is 51.8 Å². The Bertz CT molecular complexity index is 925. The van der Waals surface area contributed by atoms with Crippen LogP contribution in [0.25, 0.3) is 0 Å². The van der Waals surface area contributed by atoms with Crippen molar-refractivity contribution in [2.24, 2.45) is 10.7 Å². The minimum Gasteiger partial charge on any atom is -0.400 e. The van der Waals surface area contributed by atoms with Crippen LogP contribution < -0.4 is 11.1 Å². The van der Waals surface area contributed by atoms with Crippen molar-refractivity contribution in [3.05, 3.63) is 47.8 Å². The fourth-order valence-corrected chi connectivity index (χ4v) is 2.51.